The van der Waals surface area contributed by atoms with Crippen molar-refractivity contribution in [1.29, 1.82) is 0 Å². The lowest BCUT2D eigenvalue weighted by Gasteiger charge is -2.17. The summed E-state index contributed by atoms with van der Waals surface area (Å²) in [5.41, 5.74) is 1.76. The topological polar surface area (TPSA) is 114 Å². The van der Waals surface area contributed by atoms with E-state index in [-0.39, 0.29) is 12.5 Å². The summed E-state index contributed by atoms with van der Waals surface area (Å²) in [4.78, 5) is 51.3. The molecule has 0 atom stereocenters. The highest BCUT2D eigenvalue weighted by atomic mass is 32.1. The van der Waals surface area contributed by atoms with Gasteiger partial charge in [-0.2, -0.15) is 0 Å². The SMILES string of the molecule is COc1cccc(NC(=O)CN(C)C(=O)COC(=O)c2c(NC(C)=O)sc3c2CCCC3)c1. The molecule has 1 aliphatic rings. The van der Waals surface area contributed by atoms with Crippen LogP contribution in [0.4, 0.5) is 10.7 Å². The Morgan fingerprint density at radius 3 is 2.61 bits per heavy atom. The van der Waals surface area contributed by atoms with Gasteiger partial charge >= 0.3 is 5.97 Å². The van der Waals surface area contributed by atoms with Crippen molar-refractivity contribution in [3.05, 3.63) is 40.3 Å². The highest BCUT2D eigenvalue weighted by molar-refractivity contribution is 7.17. The number of nitrogens with one attached hydrogen (secondary N) is 2. The molecular formula is C23H27N3O6S. The van der Waals surface area contributed by atoms with E-state index in [1.807, 2.05) is 0 Å². The van der Waals surface area contributed by atoms with Crippen LogP contribution in [-0.4, -0.2) is 55.9 Å². The lowest BCUT2D eigenvalue weighted by Crippen LogP contribution is -2.37. The van der Waals surface area contributed by atoms with Crippen molar-refractivity contribution in [3.8, 4) is 5.75 Å². The van der Waals surface area contributed by atoms with Crippen LogP contribution in [0.15, 0.2) is 24.3 Å². The number of ether oxygens (including phenoxy) is 2. The third kappa shape index (κ3) is 6.32. The molecule has 2 N–H and O–H groups in total. The lowest BCUT2D eigenvalue weighted by molar-refractivity contribution is -0.136. The van der Waals surface area contributed by atoms with Crippen LogP contribution in [0.5, 0.6) is 5.75 Å². The molecule has 0 aliphatic heterocycles. The van der Waals surface area contributed by atoms with Gasteiger partial charge in [0.1, 0.15) is 10.8 Å². The van der Waals surface area contributed by atoms with Gasteiger partial charge in [0, 0.05) is 30.6 Å². The van der Waals surface area contributed by atoms with E-state index in [0.717, 1.165) is 36.1 Å². The minimum absolute atomic E-state index is 0.210. The summed E-state index contributed by atoms with van der Waals surface area (Å²) in [5, 5.41) is 5.85. The van der Waals surface area contributed by atoms with Gasteiger partial charge < -0.3 is 25.0 Å². The number of carbonyl (C=O) groups excluding carboxylic acids is 4. The summed E-state index contributed by atoms with van der Waals surface area (Å²) < 4.78 is 10.4. The number of likely N-dealkylation sites (N-methyl/N-ethyl adjacent to an activating group) is 1. The third-order valence-electron chi connectivity index (χ3n) is 5.15. The summed E-state index contributed by atoms with van der Waals surface area (Å²) in [6.45, 7) is 0.660. The number of fused-ring (bicyclic) bond motifs is 1. The molecule has 33 heavy (non-hydrogen) atoms. The van der Waals surface area contributed by atoms with Gasteiger partial charge in [0.05, 0.1) is 19.2 Å². The molecule has 0 saturated carbocycles. The molecule has 0 saturated heterocycles. The monoisotopic (exact) mass is 473 g/mol. The fourth-order valence-electron chi connectivity index (χ4n) is 3.54. The second kappa shape index (κ2) is 11.0. The first kappa shape index (κ1) is 24.2. The van der Waals surface area contributed by atoms with E-state index in [4.69, 9.17) is 9.47 Å². The quantitative estimate of drug-likeness (QED) is 0.570. The molecule has 1 aromatic carbocycles. The first-order valence-corrected chi connectivity index (χ1v) is 11.4. The Kier molecular flexibility index (Phi) is 8.05. The van der Waals surface area contributed by atoms with Gasteiger partial charge in [-0.15, -0.1) is 11.3 Å². The van der Waals surface area contributed by atoms with Crippen LogP contribution in [-0.2, 0) is 32.0 Å². The molecule has 1 aromatic heterocycles. The van der Waals surface area contributed by atoms with Crippen molar-refractivity contribution in [2.24, 2.45) is 0 Å². The smallest absolute Gasteiger partial charge is 0.341 e. The van der Waals surface area contributed by atoms with Crippen LogP contribution in [0, 0.1) is 0 Å². The molecule has 10 heteroatoms. The molecule has 0 bridgehead atoms. The second-order valence-electron chi connectivity index (χ2n) is 7.70. The van der Waals surface area contributed by atoms with E-state index >= 15 is 0 Å². The number of thiophene rings is 1. The van der Waals surface area contributed by atoms with Crippen LogP contribution in [0.25, 0.3) is 0 Å². The Morgan fingerprint density at radius 1 is 1.12 bits per heavy atom. The average molecular weight is 474 g/mol. The normalized spacial score (nSPS) is 12.3. The van der Waals surface area contributed by atoms with Gasteiger partial charge in [0.15, 0.2) is 6.61 Å². The molecule has 3 amide bonds. The highest BCUT2D eigenvalue weighted by Gasteiger charge is 2.27. The number of hydrogen-bond acceptors (Lipinski definition) is 7. The summed E-state index contributed by atoms with van der Waals surface area (Å²) in [5.74, 6) is -1.25. The zero-order valence-corrected chi connectivity index (χ0v) is 19.7. The first-order chi connectivity index (χ1) is 15.8. The van der Waals surface area contributed by atoms with Crippen molar-refractivity contribution >= 4 is 45.7 Å². The number of methoxy groups -OCH3 is 1. The van der Waals surface area contributed by atoms with Crippen LogP contribution < -0.4 is 15.4 Å². The van der Waals surface area contributed by atoms with Gasteiger partial charge in [0.2, 0.25) is 11.8 Å². The number of anilines is 2. The lowest BCUT2D eigenvalue weighted by atomic mass is 9.95. The number of esters is 1. The number of amides is 3. The van der Waals surface area contributed by atoms with Crippen molar-refractivity contribution in [2.75, 3.05) is 37.9 Å². The molecule has 1 heterocycles. The van der Waals surface area contributed by atoms with E-state index in [9.17, 15) is 19.2 Å². The number of carbonyl (C=O) groups is 4. The van der Waals surface area contributed by atoms with Gasteiger partial charge in [-0.1, -0.05) is 6.07 Å². The summed E-state index contributed by atoms with van der Waals surface area (Å²) in [6, 6.07) is 6.86. The van der Waals surface area contributed by atoms with Crippen molar-refractivity contribution in [3.63, 3.8) is 0 Å². The molecule has 0 unspecified atom stereocenters. The zero-order chi connectivity index (χ0) is 24.0. The molecule has 0 radical (unpaired) electrons. The Hall–Kier alpha value is -3.40. The van der Waals surface area contributed by atoms with E-state index in [2.05, 4.69) is 10.6 Å². The van der Waals surface area contributed by atoms with Gasteiger partial charge in [0.25, 0.3) is 5.91 Å². The number of rotatable bonds is 8. The zero-order valence-electron chi connectivity index (χ0n) is 18.9. The van der Waals surface area contributed by atoms with E-state index in [0.29, 0.717) is 22.0 Å². The predicted molar refractivity (Wildman–Crippen MR) is 125 cm³/mol. The molecular weight excluding hydrogens is 446 g/mol. The van der Waals surface area contributed by atoms with Gasteiger partial charge in [-0.25, -0.2) is 4.79 Å². The van der Waals surface area contributed by atoms with Crippen LogP contribution in [0.2, 0.25) is 0 Å². The maximum Gasteiger partial charge on any atom is 0.341 e. The number of benzene rings is 1. The molecule has 0 spiro atoms. The number of nitrogens with zero attached hydrogens (tertiary/aromatic N) is 1. The van der Waals surface area contributed by atoms with Crippen molar-refractivity contribution in [1.82, 2.24) is 4.90 Å². The largest absolute Gasteiger partial charge is 0.497 e. The van der Waals surface area contributed by atoms with Crippen molar-refractivity contribution in [2.45, 2.75) is 32.6 Å². The molecule has 176 valence electrons. The van der Waals surface area contributed by atoms with Crippen LogP contribution >= 0.6 is 11.3 Å². The standard InChI is InChI=1S/C23H27N3O6S/c1-14(27)24-22-21(17-9-4-5-10-18(17)33-22)23(30)32-13-20(29)26(2)12-19(28)25-15-7-6-8-16(11-15)31-3/h6-8,11H,4-5,9-10,12-13H2,1-3H3,(H,24,27)(H,25,28). The number of aryl methyl sites for hydroxylation is 1. The van der Waals surface area contributed by atoms with Crippen LogP contribution in [0.1, 0.15) is 40.6 Å². The Balaban J connectivity index is 1.57. The van der Waals surface area contributed by atoms with Crippen LogP contribution in [0.3, 0.4) is 0 Å². The van der Waals surface area contributed by atoms with E-state index < -0.39 is 24.4 Å². The molecule has 3 rings (SSSR count). The average Bonchev–Trinajstić information content (AvgIpc) is 3.14. The maximum atomic E-state index is 12.8. The molecule has 2 aromatic rings. The Labute approximate surface area is 196 Å². The van der Waals surface area contributed by atoms with Gasteiger partial charge in [-0.05, 0) is 43.4 Å². The number of hydrogen-bond donors (Lipinski definition) is 2. The first-order valence-electron chi connectivity index (χ1n) is 10.6. The molecule has 0 fully saturated rings. The second-order valence-corrected chi connectivity index (χ2v) is 8.81. The summed E-state index contributed by atoms with van der Waals surface area (Å²) in [7, 11) is 2.98. The summed E-state index contributed by atoms with van der Waals surface area (Å²) >= 11 is 1.38. The fourth-order valence-corrected chi connectivity index (χ4v) is 4.87. The molecule has 9 nitrogen and oxygen atoms in total. The minimum Gasteiger partial charge on any atom is -0.497 e. The summed E-state index contributed by atoms with van der Waals surface area (Å²) in [6.07, 6.45) is 3.56. The van der Waals surface area contributed by atoms with E-state index in [1.54, 1.807) is 24.3 Å². The highest BCUT2D eigenvalue weighted by Crippen LogP contribution is 2.38. The van der Waals surface area contributed by atoms with Crippen molar-refractivity contribution < 1.29 is 28.7 Å². The van der Waals surface area contributed by atoms with Gasteiger partial charge in [-0.3, -0.25) is 14.4 Å². The Bertz CT molecular complexity index is 1060. The maximum absolute atomic E-state index is 12.8. The Morgan fingerprint density at radius 2 is 1.88 bits per heavy atom. The van der Waals surface area contributed by atoms with E-state index in [1.165, 1.54) is 37.3 Å². The third-order valence-corrected chi connectivity index (χ3v) is 6.36. The predicted octanol–water partition coefficient (Wildman–Crippen LogP) is 2.85. The fraction of sp³-hybridized carbons (Fsp3) is 0.391. The molecule has 1 aliphatic carbocycles. The minimum atomic E-state index is -0.652.